The van der Waals surface area contributed by atoms with E-state index in [4.69, 9.17) is 0 Å². The van der Waals surface area contributed by atoms with Gasteiger partial charge in [-0.1, -0.05) is 32.0 Å². The molecule has 0 saturated carbocycles. The molecule has 1 aromatic rings. The Bertz CT molecular complexity index is 260. The molecule has 0 unspecified atom stereocenters. The summed E-state index contributed by atoms with van der Waals surface area (Å²) in [6.45, 7) is 6.38. The minimum atomic E-state index is 0.533. The molecule has 1 nitrogen and oxygen atoms in total. The quantitative estimate of drug-likeness (QED) is 0.589. The van der Waals surface area contributed by atoms with Crippen molar-refractivity contribution in [3.05, 3.63) is 30.3 Å². The van der Waals surface area contributed by atoms with E-state index in [0.29, 0.717) is 5.92 Å². The minimum absolute atomic E-state index is 0.533. The normalized spacial score (nSPS) is 12.2. The SMILES string of the molecule is CC(=Nc1ccccc1)C(C)C. The van der Waals surface area contributed by atoms with Crippen molar-refractivity contribution < 1.29 is 0 Å². The van der Waals surface area contributed by atoms with Gasteiger partial charge in [-0.25, -0.2) is 0 Å². The van der Waals surface area contributed by atoms with Gasteiger partial charge in [0.05, 0.1) is 5.69 Å². The van der Waals surface area contributed by atoms with Gasteiger partial charge in [0.25, 0.3) is 0 Å². The molecule has 0 fully saturated rings. The first-order chi connectivity index (χ1) is 5.70. The summed E-state index contributed by atoms with van der Waals surface area (Å²) in [5, 5.41) is 0. The predicted molar refractivity (Wildman–Crippen MR) is 54.0 cm³/mol. The van der Waals surface area contributed by atoms with Crippen molar-refractivity contribution in [3.63, 3.8) is 0 Å². The Labute approximate surface area is 74.2 Å². The smallest absolute Gasteiger partial charge is 0.0629 e. The zero-order valence-corrected chi connectivity index (χ0v) is 7.91. The van der Waals surface area contributed by atoms with Crippen molar-refractivity contribution in [2.75, 3.05) is 0 Å². The van der Waals surface area contributed by atoms with Crippen LogP contribution in [-0.2, 0) is 0 Å². The fourth-order valence-corrected chi connectivity index (χ4v) is 0.835. The third-order valence-electron chi connectivity index (χ3n) is 1.90. The number of hydrogen-bond acceptors (Lipinski definition) is 1. The molecule has 1 heteroatoms. The van der Waals surface area contributed by atoms with E-state index >= 15 is 0 Å². The Morgan fingerprint density at radius 3 is 2.25 bits per heavy atom. The summed E-state index contributed by atoms with van der Waals surface area (Å²) in [5.41, 5.74) is 2.23. The van der Waals surface area contributed by atoms with Crippen molar-refractivity contribution in [2.45, 2.75) is 20.8 Å². The molecule has 0 bridgehead atoms. The molecule has 0 spiro atoms. The summed E-state index contributed by atoms with van der Waals surface area (Å²) < 4.78 is 0. The Morgan fingerprint density at radius 2 is 1.75 bits per heavy atom. The Morgan fingerprint density at radius 1 is 1.17 bits per heavy atom. The number of benzene rings is 1. The lowest BCUT2D eigenvalue weighted by atomic mass is 10.1. The van der Waals surface area contributed by atoms with Gasteiger partial charge >= 0.3 is 0 Å². The van der Waals surface area contributed by atoms with Crippen molar-refractivity contribution in [2.24, 2.45) is 10.9 Å². The molecule has 1 aromatic carbocycles. The molecule has 0 saturated heterocycles. The van der Waals surface area contributed by atoms with E-state index in [2.05, 4.69) is 25.8 Å². The minimum Gasteiger partial charge on any atom is -0.258 e. The molecular formula is C11H15N. The van der Waals surface area contributed by atoms with Crippen LogP contribution in [0.25, 0.3) is 0 Å². The summed E-state index contributed by atoms with van der Waals surface area (Å²) in [6, 6.07) is 10.1. The monoisotopic (exact) mass is 161 g/mol. The van der Waals surface area contributed by atoms with Crippen LogP contribution in [0.1, 0.15) is 20.8 Å². The first kappa shape index (κ1) is 8.98. The molecule has 64 valence electrons. The van der Waals surface area contributed by atoms with Gasteiger partial charge in [0.1, 0.15) is 0 Å². The van der Waals surface area contributed by atoms with E-state index in [1.54, 1.807) is 0 Å². The molecule has 0 amide bonds. The van der Waals surface area contributed by atoms with Crippen LogP contribution < -0.4 is 0 Å². The summed E-state index contributed by atoms with van der Waals surface area (Å²) in [6.07, 6.45) is 0. The first-order valence-electron chi connectivity index (χ1n) is 4.30. The van der Waals surface area contributed by atoms with Gasteiger partial charge in [0.15, 0.2) is 0 Å². The van der Waals surface area contributed by atoms with Gasteiger partial charge in [-0.3, -0.25) is 4.99 Å². The third-order valence-corrected chi connectivity index (χ3v) is 1.90. The van der Waals surface area contributed by atoms with Gasteiger partial charge in [-0.05, 0) is 25.0 Å². The lowest BCUT2D eigenvalue weighted by Gasteiger charge is -2.02. The van der Waals surface area contributed by atoms with Crippen LogP contribution in [0.4, 0.5) is 5.69 Å². The van der Waals surface area contributed by atoms with Gasteiger partial charge in [-0.15, -0.1) is 0 Å². The Hall–Kier alpha value is -1.11. The second kappa shape index (κ2) is 4.05. The van der Waals surface area contributed by atoms with E-state index in [9.17, 15) is 0 Å². The highest BCUT2D eigenvalue weighted by Crippen LogP contribution is 2.12. The standard InChI is InChI=1S/C11H15N/c1-9(2)10(3)12-11-7-5-4-6-8-11/h4-9H,1-3H3. The number of rotatable bonds is 2. The van der Waals surface area contributed by atoms with Gasteiger partial charge < -0.3 is 0 Å². The maximum absolute atomic E-state index is 4.48. The lowest BCUT2D eigenvalue weighted by Crippen LogP contribution is -2.00. The second-order valence-corrected chi connectivity index (χ2v) is 3.24. The van der Waals surface area contributed by atoms with Gasteiger partial charge in [-0.2, -0.15) is 0 Å². The fourth-order valence-electron chi connectivity index (χ4n) is 0.835. The highest BCUT2D eigenvalue weighted by molar-refractivity contribution is 5.86. The Kier molecular flexibility index (Phi) is 3.03. The molecule has 12 heavy (non-hydrogen) atoms. The van der Waals surface area contributed by atoms with Crippen LogP contribution in [0, 0.1) is 5.92 Å². The maximum atomic E-state index is 4.48. The van der Waals surface area contributed by atoms with Crippen LogP contribution in [0.15, 0.2) is 35.3 Å². The zero-order valence-electron chi connectivity index (χ0n) is 7.91. The number of para-hydroxylation sites is 1. The van der Waals surface area contributed by atoms with Crippen molar-refractivity contribution in [1.82, 2.24) is 0 Å². The van der Waals surface area contributed by atoms with Crippen molar-refractivity contribution in [1.29, 1.82) is 0 Å². The molecule has 0 N–H and O–H groups in total. The topological polar surface area (TPSA) is 12.4 Å². The van der Waals surface area contributed by atoms with E-state index < -0.39 is 0 Å². The molecule has 0 aliphatic carbocycles. The highest BCUT2D eigenvalue weighted by atomic mass is 14.7. The summed E-state index contributed by atoms with van der Waals surface area (Å²) in [4.78, 5) is 4.48. The van der Waals surface area contributed by atoms with Crippen molar-refractivity contribution >= 4 is 11.4 Å². The van der Waals surface area contributed by atoms with Gasteiger partial charge in [0, 0.05) is 5.71 Å². The van der Waals surface area contributed by atoms with Crippen LogP contribution in [-0.4, -0.2) is 5.71 Å². The molecule has 0 atom stereocenters. The average molecular weight is 161 g/mol. The van der Waals surface area contributed by atoms with Crippen LogP contribution >= 0.6 is 0 Å². The van der Waals surface area contributed by atoms with Crippen LogP contribution in [0.3, 0.4) is 0 Å². The molecule has 1 rings (SSSR count). The molecule has 0 aliphatic rings. The molecule has 0 heterocycles. The van der Waals surface area contributed by atoms with Crippen LogP contribution in [0.5, 0.6) is 0 Å². The molecule has 0 aromatic heterocycles. The third kappa shape index (κ3) is 2.50. The summed E-state index contributed by atoms with van der Waals surface area (Å²) in [5.74, 6) is 0.533. The highest BCUT2D eigenvalue weighted by Gasteiger charge is 1.96. The largest absolute Gasteiger partial charge is 0.258 e. The lowest BCUT2D eigenvalue weighted by molar-refractivity contribution is 0.879. The number of aliphatic imine (C=N–C) groups is 1. The van der Waals surface area contributed by atoms with E-state index in [-0.39, 0.29) is 0 Å². The first-order valence-corrected chi connectivity index (χ1v) is 4.30. The number of nitrogens with zero attached hydrogens (tertiary/aromatic N) is 1. The van der Waals surface area contributed by atoms with Crippen LogP contribution in [0.2, 0.25) is 0 Å². The zero-order chi connectivity index (χ0) is 8.97. The van der Waals surface area contributed by atoms with E-state index in [1.807, 2.05) is 30.3 Å². The predicted octanol–water partition coefficient (Wildman–Crippen LogP) is 3.44. The molecule has 0 aliphatic heterocycles. The fraction of sp³-hybridized carbons (Fsp3) is 0.364. The maximum Gasteiger partial charge on any atom is 0.0629 e. The summed E-state index contributed by atoms with van der Waals surface area (Å²) in [7, 11) is 0. The van der Waals surface area contributed by atoms with Crippen molar-refractivity contribution in [3.8, 4) is 0 Å². The average Bonchev–Trinajstić information content (AvgIpc) is 2.06. The van der Waals surface area contributed by atoms with E-state index in [1.165, 1.54) is 5.71 Å². The van der Waals surface area contributed by atoms with E-state index in [0.717, 1.165) is 5.69 Å². The second-order valence-electron chi connectivity index (χ2n) is 3.24. The Balaban J connectivity index is 2.81. The number of hydrogen-bond donors (Lipinski definition) is 0. The molecule has 0 radical (unpaired) electrons. The molecular weight excluding hydrogens is 146 g/mol. The summed E-state index contributed by atoms with van der Waals surface area (Å²) >= 11 is 0. The van der Waals surface area contributed by atoms with Gasteiger partial charge in [0.2, 0.25) is 0 Å².